The fourth-order valence-electron chi connectivity index (χ4n) is 1.05. The quantitative estimate of drug-likeness (QED) is 0.555. The van der Waals surface area contributed by atoms with Gasteiger partial charge in [0.1, 0.15) is 0 Å². The molecule has 6 heteroatoms. The van der Waals surface area contributed by atoms with Crippen LogP contribution >= 0.6 is 0 Å². The molecular formula is C14H26N2O4. The first-order valence-electron chi connectivity index (χ1n) is 6.74. The van der Waals surface area contributed by atoms with Gasteiger partial charge in [0.25, 0.3) is 0 Å². The molecule has 0 aromatic heterocycles. The van der Waals surface area contributed by atoms with Gasteiger partial charge in [-0.05, 0) is 55.4 Å². The van der Waals surface area contributed by atoms with E-state index in [9.17, 15) is 9.59 Å². The largest absolute Gasteiger partial charge is 0.461 e. The van der Waals surface area contributed by atoms with Gasteiger partial charge in [-0.15, -0.1) is 0 Å². The topological polar surface area (TPSA) is 77.3 Å². The predicted molar refractivity (Wildman–Crippen MR) is 75.5 cm³/mol. The summed E-state index contributed by atoms with van der Waals surface area (Å²) in [7, 11) is 0. The third-order valence-corrected chi connectivity index (χ3v) is 2.23. The molecule has 0 fully saturated rings. The molecule has 0 aliphatic rings. The molecule has 0 unspecified atom stereocenters. The van der Waals surface area contributed by atoms with Crippen molar-refractivity contribution in [3.63, 3.8) is 0 Å². The van der Waals surface area contributed by atoms with E-state index in [0.717, 1.165) is 0 Å². The third-order valence-electron chi connectivity index (χ3n) is 2.23. The van der Waals surface area contributed by atoms with E-state index in [-0.39, 0.29) is 12.2 Å². The van der Waals surface area contributed by atoms with Gasteiger partial charge in [-0.2, -0.15) is 10.2 Å². The maximum absolute atomic E-state index is 11.8. The van der Waals surface area contributed by atoms with Crippen molar-refractivity contribution in [2.24, 2.45) is 10.2 Å². The van der Waals surface area contributed by atoms with Crippen molar-refractivity contribution in [2.75, 3.05) is 0 Å². The van der Waals surface area contributed by atoms with Gasteiger partial charge in [-0.1, -0.05) is 0 Å². The normalized spacial score (nSPS) is 13.1. The van der Waals surface area contributed by atoms with E-state index in [1.807, 2.05) is 0 Å². The van der Waals surface area contributed by atoms with Crippen LogP contribution in [0, 0.1) is 0 Å². The second-order valence-corrected chi connectivity index (χ2v) is 6.23. The standard InChI is InChI=1S/C14H26N2O4/c1-9(2)19-11(17)13(5,6)15-16-14(7,8)12(18)20-10(3)4/h9-10H,1-8H3. The molecule has 0 rings (SSSR count). The van der Waals surface area contributed by atoms with Gasteiger partial charge in [0.15, 0.2) is 11.1 Å². The summed E-state index contributed by atoms with van der Waals surface area (Å²) in [5, 5.41) is 7.92. The number of azo groups is 1. The number of esters is 2. The molecule has 0 aliphatic carbocycles. The number of carbonyl (C=O) groups is 2. The molecule has 0 amide bonds. The monoisotopic (exact) mass is 286 g/mol. The van der Waals surface area contributed by atoms with Crippen molar-refractivity contribution in [3.8, 4) is 0 Å². The van der Waals surface area contributed by atoms with Gasteiger partial charge in [0, 0.05) is 0 Å². The van der Waals surface area contributed by atoms with Crippen LogP contribution in [0.1, 0.15) is 55.4 Å². The average Bonchev–Trinajstić information content (AvgIpc) is 2.24. The SMILES string of the molecule is CC(C)OC(=O)C(C)(C)N=NC(C)(C)C(=O)OC(C)C. The second kappa shape index (κ2) is 6.81. The lowest BCUT2D eigenvalue weighted by Crippen LogP contribution is -2.36. The fourth-order valence-corrected chi connectivity index (χ4v) is 1.05. The maximum atomic E-state index is 11.8. The molecule has 0 aromatic carbocycles. The summed E-state index contributed by atoms with van der Waals surface area (Å²) < 4.78 is 10.2. The van der Waals surface area contributed by atoms with Crippen molar-refractivity contribution in [3.05, 3.63) is 0 Å². The Morgan fingerprint density at radius 1 is 0.750 bits per heavy atom. The van der Waals surface area contributed by atoms with Crippen LogP contribution in [0.5, 0.6) is 0 Å². The van der Waals surface area contributed by atoms with E-state index in [1.165, 1.54) is 0 Å². The van der Waals surface area contributed by atoms with E-state index in [1.54, 1.807) is 55.4 Å². The van der Waals surface area contributed by atoms with Gasteiger partial charge in [0.05, 0.1) is 12.2 Å². The lowest BCUT2D eigenvalue weighted by atomic mass is 10.1. The Bertz CT molecular complexity index is 349. The first-order valence-corrected chi connectivity index (χ1v) is 6.74. The summed E-state index contributed by atoms with van der Waals surface area (Å²) in [6.45, 7) is 13.4. The molecule has 0 aromatic rings. The molecule has 0 atom stereocenters. The summed E-state index contributed by atoms with van der Waals surface area (Å²) in [6.07, 6.45) is -0.452. The highest BCUT2D eigenvalue weighted by Gasteiger charge is 2.34. The smallest absolute Gasteiger partial charge is 0.335 e. The molecule has 0 heterocycles. The lowest BCUT2D eigenvalue weighted by molar-refractivity contribution is -0.155. The van der Waals surface area contributed by atoms with E-state index < -0.39 is 23.0 Å². The first-order chi connectivity index (χ1) is 8.88. The van der Waals surface area contributed by atoms with Gasteiger partial charge >= 0.3 is 11.9 Å². The van der Waals surface area contributed by atoms with Gasteiger partial charge < -0.3 is 9.47 Å². The van der Waals surface area contributed by atoms with Gasteiger partial charge in [0.2, 0.25) is 0 Å². The maximum Gasteiger partial charge on any atom is 0.335 e. The Hall–Kier alpha value is -1.46. The van der Waals surface area contributed by atoms with E-state index >= 15 is 0 Å². The summed E-state index contributed by atoms with van der Waals surface area (Å²) in [4.78, 5) is 23.7. The molecule has 0 radical (unpaired) electrons. The van der Waals surface area contributed by atoms with Crippen LogP contribution in [0.2, 0.25) is 0 Å². The minimum atomic E-state index is -1.14. The summed E-state index contributed by atoms with van der Waals surface area (Å²) >= 11 is 0. The highest BCUT2D eigenvalue weighted by molar-refractivity contribution is 5.81. The molecule has 6 nitrogen and oxygen atoms in total. The summed E-state index contributed by atoms with van der Waals surface area (Å²) in [6, 6.07) is 0. The molecule has 20 heavy (non-hydrogen) atoms. The number of ether oxygens (including phenoxy) is 2. The minimum Gasteiger partial charge on any atom is -0.461 e. The zero-order chi connectivity index (χ0) is 16.1. The van der Waals surface area contributed by atoms with Gasteiger partial charge in [-0.3, -0.25) is 0 Å². The Kier molecular flexibility index (Phi) is 6.32. The van der Waals surface area contributed by atoms with E-state index in [2.05, 4.69) is 10.2 Å². The van der Waals surface area contributed by atoms with Crippen LogP contribution in [-0.4, -0.2) is 35.2 Å². The molecule has 0 N–H and O–H groups in total. The fraction of sp³-hybridized carbons (Fsp3) is 0.857. The van der Waals surface area contributed by atoms with Crippen molar-refractivity contribution in [1.82, 2.24) is 0 Å². The van der Waals surface area contributed by atoms with Crippen molar-refractivity contribution >= 4 is 11.9 Å². The molecular weight excluding hydrogens is 260 g/mol. The van der Waals surface area contributed by atoms with E-state index in [4.69, 9.17) is 9.47 Å². The third kappa shape index (κ3) is 6.12. The molecule has 0 spiro atoms. The first kappa shape index (κ1) is 18.5. The lowest BCUT2D eigenvalue weighted by Gasteiger charge is -2.22. The summed E-state index contributed by atoms with van der Waals surface area (Å²) in [5.41, 5.74) is -2.28. The van der Waals surface area contributed by atoms with Crippen molar-refractivity contribution < 1.29 is 19.1 Å². The number of hydrogen-bond donors (Lipinski definition) is 0. The molecule has 116 valence electrons. The second-order valence-electron chi connectivity index (χ2n) is 6.23. The van der Waals surface area contributed by atoms with Crippen LogP contribution in [0.3, 0.4) is 0 Å². The van der Waals surface area contributed by atoms with Crippen LogP contribution in [0.4, 0.5) is 0 Å². The molecule has 0 saturated carbocycles. The zero-order valence-corrected chi connectivity index (χ0v) is 13.7. The Morgan fingerprint density at radius 2 is 1.00 bits per heavy atom. The highest BCUT2D eigenvalue weighted by Crippen LogP contribution is 2.19. The van der Waals surface area contributed by atoms with E-state index in [0.29, 0.717) is 0 Å². The number of carbonyl (C=O) groups excluding carboxylic acids is 2. The zero-order valence-electron chi connectivity index (χ0n) is 13.7. The van der Waals surface area contributed by atoms with Crippen LogP contribution < -0.4 is 0 Å². The molecule has 0 bridgehead atoms. The predicted octanol–water partition coefficient (Wildman–Crippen LogP) is 2.90. The van der Waals surface area contributed by atoms with Crippen LogP contribution in [0.15, 0.2) is 10.2 Å². The number of hydrogen-bond acceptors (Lipinski definition) is 6. The number of rotatable bonds is 6. The van der Waals surface area contributed by atoms with Crippen molar-refractivity contribution in [2.45, 2.75) is 78.7 Å². The molecule has 0 aliphatic heterocycles. The van der Waals surface area contributed by atoms with Crippen molar-refractivity contribution in [1.29, 1.82) is 0 Å². The average molecular weight is 286 g/mol. The Morgan fingerprint density at radius 3 is 1.20 bits per heavy atom. The van der Waals surface area contributed by atoms with Gasteiger partial charge in [-0.25, -0.2) is 9.59 Å². The highest BCUT2D eigenvalue weighted by atomic mass is 16.5. The minimum absolute atomic E-state index is 0.226. The number of nitrogens with zero attached hydrogens (tertiary/aromatic N) is 2. The summed E-state index contributed by atoms with van der Waals surface area (Å²) in [5.74, 6) is -0.964. The van der Waals surface area contributed by atoms with Crippen LogP contribution in [-0.2, 0) is 19.1 Å². The Balaban J connectivity index is 4.90. The molecule has 0 saturated heterocycles. The van der Waals surface area contributed by atoms with Crippen LogP contribution in [0.25, 0.3) is 0 Å². The Labute approximate surface area is 120 Å².